The van der Waals surface area contributed by atoms with E-state index in [-0.39, 0.29) is 40.6 Å². The quantitative estimate of drug-likeness (QED) is 0.506. The Balaban J connectivity index is -0.000000750. The van der Waals surface area contributed by atoms with Gasteiger partial charge >= 0.3 is 37.7 Å². The number of phenols is 1. The van der Waals surface area contributed by atoms with Crippen molar-refractivity contribution in [1.29, 1.82) is 0 Å². The first-order chi connectivity index (χ1) is 6.62. The average molecular weight is 296 g/mol. The van der Waals surface area contributed by atoms with E-state index in [1.165, 1.54) is 0 Å². The van der Waals surface area contributed by atoms with E-state index in [1.807, 2.05) is 0 Å². The van der Waals surface area contributed by atoms with Gasteiger partial charge in [-0.25, -0.2) is 0 Å². The Labute approximate surface area is 125 Å². The average Bonchev–Trinajstić information content (AvgIpc) is 1.99. The van der Waals surface area contributed by atoms with Gasteiger partial charge in [0.2, 0.25) is 0 Å². The molecule has 0 aromatic heterocycles. The molecule has 0 bridgehead atoms. The van der Waals surface area contributed by atoms with Crippen molar-refractivity contribution < 1.29 is 33.9 Å². The summed E-state index contributed by atoms with van der Waals surface area (Å²) in [6.07, 6.45) is 0. The molecule has 0 heterocycles. The molecule has 10 heteroatoms. The van der Waals surface area contributed by atoms with Crippen LogP contribution in [0.4, 0.5) is 0 Å². The number of hydrogen-bond donors (Lipinski definition) is 3. The van der Waals surface area contributed by atoms with Crippen LogP contribution in [0.25, 0.3) is 0 Å². The molecule has 88 valence electrons. The molecule has 0 amide bonds. The van der Waals surface area contributed by atoms with E-state index in [1.54, 1.807) is 0 Å². The standard InChI is InChI=1S/C6H6O7S2.Ca.2H/c7-5-3-4(14(8,9)10)1-2-6(5)15(11,12)13;;;/h1-3,7H,(H,8,9,10)(H,11,12,13);;;/q;+2;2*-1. The molecule has 0 saturated carbocycles. The molecule has 0 spiro atoms. The Bertz CT molecular complexity index is 598. The summed E-state index contributed by atoms with van der Waals surface area (Å²) in [6, 6.07) is 1.91. The van der Waals surface area contributed by atoms with Crippen LogP contribution in [-0.4, -0.2) is 68.8 Å². The molecule has 1 aromatic carbocycles. The maximum absolute atomic E-state index is 10.6. The predicted molar refractivity (Wildman–Crippen MR) is 55.7 cm³/mol. The topological polar surface area (TPSA) is 129 Å². The molecule has 16 heavy (non-hydrogen) atoms. The van der Waals surface area contributed by atoms with Crippen molar-refractivity contribution in [2.45, 2.75) is 9.79 Å². The van der Waals surface area contributed by atoms with E-state index in [2.05, 4.69) is 0 Å². The Hall–Kier alpha value is 0.0997. The van der Waals surface area contributed by atoms with E-state index in [0.717, 1.165) is 6.07 Å². The van der Waals surface area contributed by atoms with Crippen LogP contribution in [0.1, 0.15) is 2.85 Å². The molecule has 0 aliphatic heterocycles. The fraction of sp³-hybridized carbons (Fsp3) is 0. The van der Waals surface area contributed by atoms with Crippen molar-refractivity contribution in [1.82, 2.24) is 0 Å². The first-order valence-corrected chi connectivity index (χ1v) is 6.28. The Morgan fingerprint density at radius 3 is 1.81 bits per heavy atom. The minimum atomic E-state index is -4.62. The van der Waals surface area contributed by atoms with Crippen molar-refractivity contribution in [3.8, 4) is 5.75 Å². The van der Waals surface area contributed by atoms with Crippen molar-refractivity contribution in [2.75, 3.05) is 0 Å². The summed E-state index contributed by atoms with van der Waals surface area (Å²) in [5.74, 6) is -0.965. The maximum atomic E-state index is 10.6. The smallest absolute Gasteiger partial charge is 1.00 e. The summed E-state index contributed by atoms with van der Waals surface area (Å²) in [5.41, 5.74) is 0. The Kier molecular flexibility index (Phi) is 5.20. The van der Waals surface area contributed by atoms with Crippen molar-refractivity contribution in [3.05, 3.63) is 18.2 Å². The van der Waals surface area contributed by atoms with Gasteiger partial charge in [-0.1, -0.05) is 0 Å². The van der Waals surface area contributed by atoms with Gasteiger partial charge in [-0.2, -0.15) is 16.8 Å². The zero-order chi connectivity index (χ0) is 11.9. The van der Waals surface area contributed by atoms with Gasteiger partial charge in [0.15, 0.2) is 0 Å². The molecule has 1 aromatic rings. The molecular weight excluding hydrogens is 288 g/mol. The van der Waals surface area contributed by atoms with Gasteiger partial charge in [0.1, 0.15) is 10.6 Å². The van der Waals surface area contributed by atoms with Gasteiger partial charge in [0, 0.05) is 6.07 Å². The number of benzene rings is 1. The molecule has 0 unspecified atom stereocenters. The predicted octanol–water partition coefficient (Wildman–Crippen LogP) is -0.270. The summed E-state index contributed by atoms with van der Waals surface area (Å²) in [6.45, 7) is 0. The first kappa shape index (κ1) is 16.1. The summed E-state index contributed by atoms with van der Waals surface area (Å²) in [4.78, 5) is -1.51. The van der Waals surface area contributed by atoms with Crippen molar-refractivity contribution >= 4 is 58.0 Å². The fourth-order valence-electron chi connectivity index (χ4n) is 0.876. The van der Waals surface area contributed by atoms with Crippen molar-refractivity contribution in [3.63, 3.8) is 0 Å². The van der Waals surface area contributed by atoms with Gasteiger partial charge in [-0.3, -0.25) is 9.11 Å². The van der Waals surface area contributed by atoms with Crippen LogP contribution in [0.3, 0.4) is 0 Å². The summed E-state index contributed by atoms with van der Waals surface area (Å²) in [5, 5.41) is 9.08. The summed E-state index contributed by atoms with van der Waals surface area (Å²) < 4.78 is 59.5. The Morgan fingerprint density at radius 2 is 1.50 bits per heavy atom. The number of aromatic hydroxyl groups is 1. The molecular formula is C6H8CaO7S2. The molecule has 0 radical (unpaired) electrons. The summed E-state index contributed by atoms with van der Waals surface area (Å²) >= 11 is 0. The van der Waals surface area contributed by atoms with Gasteiger partial charge in [-0.05, 0) is 12.1 Å². The zero-order valence-corrected chi connectivity index (χ0v) is 11.6. The van der Waals surface area contributed by atoms with E-state index in [4.69, 9.17) is 14.2 Å². The van der Waals surface area contributed by atoms with Crippen LogP contribution in [0.2, 0.25) is 0 Å². The second-order valence-electron chi connectivity index (χ2n) is 2.58. The van der Waals surface area contributed by atoms with Crippen LogP contribution < -0.4 is 0 Å². The first-order valence-electron chi connectivity index (χ1n) is 3.40. The second-order valence-corrected chi connectivity index (χ2v) is 5.39. The molecule has 0 aliphatic carbocycles. The largest absolute Gasteiger partial charge is 2.00 e. The van der Waals surface area contributed by atoms with E-state index in [0.29, 0.717) is 12.1 Å². The van der Waals surface area contributed by atoms with Crippen LogP contribution in [0, 0.1) is 0 Å². The molecule has 0 fully saturated rings. The monoisotopic (exact) mass is 296 g/mol. The third kappa shape index (κ3) is 3.84. The van der Waals surface area contributed by atoms with Crippen LogP contribution >= 0.6 is 0 Å². The third-order valence-electron chi connectivity index (χ3n) is 1.51. The van der Waals surface area contributed by atoms with Gasteiger partial charge in [0.05, 0.1) is 4.90 Å². The van der Waals surface area contributed by atoms with Gasteiger partial charge in [-0.15, -0.1) is 0 Å². The maximum Gasteiger partial charge on any atom is 2.00 e. The molecule has 1 rings (SSSR count). The minimum Gasteiger partial charge on any atom is -1.00 e. The van der Waals surface area contributed by atoms with E-state index >= 15 is 0 Å². The number of rotatable bonds is 2. The SMILES string of the molecule is O=S(=O)(O)c1ccc(S(=O)(=O)O)c(O)c1.[Ca+2].[H-].[H-]. The Morgan fingerprint density at radius 1 is 1.00 bits per heavy atom. The van der Waals surface area contributed by atoms with Crippen LogP contribution in [-0.2, 0) is 20.2 Å². The van der Waals surface area contributed by atoms with Crippen molar-refractivity contribution in [2.24, 2.45) is 0 Å². The molecule has 0 aliphatic rings. The fourth-order valence-corrected chi connectivity index (χ4v) is 1.94. The molecule has 0 atom stereocenters. The normalized spacial score (nSPS) is 11.9. The number of hydrogen-bond acceptors (Lipinski definition) is 5. The van der Waals surface area contributed by atoms with Crippen LogP contribution in [0.5, 0.6) is 5.75 Å². The molecule has 3 N–H and O–H groups in total. The minimum absolute atomic E-state index is 0. The second kappa shape index (κ2) is 5.17. The van der Waals surface area contributed by atoms with Crippen LogP contribution in [0.15, 0.2) is 28.0 Å². The molecule has 0 saturated heterocycles. The third-order valence-corrected chi connectivity index (χ3v) is 3.26. The summed E-state index contributed by atoms with van der Waals surface area (Å²) in [7, 11) is -9.15. The molecule has 7 nitrogen and oxygen atoms in total. The van der Waals surface area contributed by atoms with E-state index < -0.39 is 35.8 Å². The zero-order valence-electron chi connectivity index (χ0n) is 9.73. The number of phenolic OH excluding ortho intramolecular Hbond substituents is 1. The van der Waals surface area contributed by atoms with Gasteiger partial charge < -0.3 is 7.96 Å². The van der Waals surface area contributed by atoms with E-state index in [9.17, 15) is 16.8 Å². The van der Waals surface area contributed by atoms with Gasteiger partial charge in [0.25, 0.3) is 20.2 Å².